The minimum Gasteiger partial charge on any atom is -0.465 e. The van der Waals surface area contributed by atoms with Crippen molar-refractivity contribution in [2.24, 2.45) is 0 Å². The molecule has 1 aliphatic rings. The van der Waals surface area contributed by atoms with Gasteiger partial charge in [-0.25, -0.2) is 4.79 Å². The van der Waals surface area contributed by atoms with E-state index in [1.165, 1.54) is 12.0 Å². The van der Waals surface area contributed by atoms with Gasteiger partial charge in [0.2, 0.25) is 0 Å². The third kappa shape index (κ3) is 3.46. The smallest absolute Gasteiger partial charge is 0.340 e. The quantitative estimate of drug-likeness (QED) is 0.491. The van der Waals surface area contributed by atoms with E-state index in [9.17, 15) is 9.59 Å². The molecule has 0 N–H and O–H groups in total. The molecule has 1 aliphatic heterocycles. The number of carbonyl (C=O) groups is 2. The van der Waals surface area contributed by atoms with Crippen molar-refractivity contribution in [1.82, 2.24) is 0 Å². The fourth-order valence-electron chi connectivity index (χ4n) is 3.14. The van der Waals surface area contributed by atoms with Gasteiger partial charge in [-0.1, -0.05) is 41.4 Å². The molecule has 3 rings (SSSR count). The van der Waals surface area contributed by atoms with Crippen LogP contribution in [-0.4, -0.2) is 19.0 Å². The van der Waals surface area contributed by atoms with Crippen LogP contribution in [0.3, 0.4) is 0 Å². The van der Waals surface area contributed by atoms with Crippen LogP contribution in [0.2, 0.25) is 10.0 Å². The minimum absolute atomic E-state index is 0.210. The first-order chi connectivity index (χ1) is 13.3. The van der Waals surface area contributed by atoms with Gasteiger partial charge in [-0.15, -0.1) is 0 Å². The maximum atomic E-state index is 13.3. The highest BCUT2D eigenvalue weighted by molar-refractivity contribution is 6.43. The number of amides is 1. The molecule has 144 valence electrons. The number of ether oxygens (including phenoxy) is 1. The molecule has 4 nitrogen and oxygen atoms in total. The van der Waals surface area contributed by atoms with Gasteiger partial charge < -0.3 is 4.74 Å². The Morgan fingerprint density at radius 1 is 1.07 bits per heavy atom. The Labute approximate surface area is 174 Å². The number of nitrogens with zero attached hydrogens (tertiary/aromatic N) is 1. The number of anilines is 1. The van der Waals surface area contributed by atoms with Gasteiger partial charge in [0.1, 0.15) is 0 Å². The Morgan fingerprint density at radius 3 is 2.43 bits per heavy atom. The highest BCUT2D eigenvalue weighted by Gasteiger charge is 2.38. The lowest BCUT2D eigenvalue weighted by molar-refractivity contribution is -0.136. The second kappa shape index (κ2) is 7.82. The van der Waals surface area contributed by atoms with Crippen LogP contribution >= 0.6 is 23.2 Å². The Kier molecular flexibility index (Phi) is 5.64. The number of allylic oxidation sites excluding steroid dienone is 1. The summed E-state index contributed by atoms with van der Waals surface area (Å²) in [6.07, 6.45) is 1.58. The van der Waals surface area contributed by atoms with Crippen molar-refractivity contribution in [1.29, 1.82) is 0 Å². The van der Waals surface area contributed by atoms with Gasteiger partial charge in [-0.05, 0) is 61.7 Å². The second-order valence-corrected chi connectivity index (χ2v) is 7.35. The van der Waals surface area contributed by atoms with Crippen molar-refractivity contribution in [3.8, 4) is 0 Å². The number of methoxy groups -OCH3 is 1. The summed E-state index contributed by atoms with van der Waals surface area (Å²) < 4.78 is 4.93. The number of halogens is 2. The van der Waals surface area contributed by atoms with Gasteiger partial charge in [0.05, 0.1) is 28.3 Å². The van der Waals surface area contributed by atoms with E-state index >= 15 is 0 Å². The van der Waals surface area contributed by atoms with Gasteiger partial charge in [0, 0.05) is 11.4 Å². The van der Waals surface area contributed by atoms with E-state index in [4.69, 9.17) is 27.9 Å². The summed E-state index contributed by atoms with van der Waals surface area (Å²) in [5, 5.41) is 0.684. The molecule has 0 saturated carbocycles. The van der Waals surface area contributed by atoms with Crippen LogP contribution in [0.5, 0.6) is 0 Å². The molecule has 28 heavy (non-hydrogen) atoms. The molecule has 1 heterocycles. The third-order valence-electron chi connectivity index (χ3n) is 4.82. The molecular formula is C22H19Cl2NO3. The predicted molar refractivity (Wildman–Crippen MR) is 113 cm³/mol. The lowest BCUT2D eigenvalue weighted by Crippen LogP contribution is -2.24. The highest BCUT2D eigenvalue weighted by Crippen LogP contribution is 2.37. The van der Waals surface area contributed by atoms with E-state index in [0.29, 0.717) is 27.0 Å². The predicted octanol–water partition coefficient (Wildman–Crippen LogP) is 5.49. The number of carbonyl (C=O) groups excluding carboxylic acids is 2. The summed E-state index contributed by atoms with van der Waals surface area (Å²) in [5.41, 5.74) is 4.33. The zero-order chi connectivity index (χ0) is 20.6. The Bertz CT molecular complexity index is 1050. The number of benzene rings is 2. The van der Waals surface area contributed by atoms with Crippen molar-refractivity contribution >= 4 is 46.8 Å². The summed E-state index contributed by atoms with van der Waals surface area (Å²) in [4.78, 5) is 27.3. The molecule has 0 aliphatic carbocycles. The average molecular weight is 416 g/mol. The molecule has 0 fully saturated rings. The highest BCUT2D eigenvalue weighted by atomic mass is 35.5. The number of aryl methyl sites for hydroxylation is 2. The fourth-order valence-corrected chi connectivity index (χ4v) is 3.51. The summed E-state index contributed by atoms with van der Waals surface area (Å²) in [7, 11) is 1.29. The molecule has 0 bridgehead atoms. The van der Waals surface area contributed by atoms with Gasteiger partial charge in [-0.3, -0.25) is 9.69 Å². The molecule has 0 saturated heterocycles. The minimum atomic E-state index is -0.582. The van der Waals surface area contributed by atoms with Crippen LogP contribution in [0.1, 0.15) is 23.6 Å². The van der Waals surface area contributed by atoms with Gasteiger partial charge in [0.15, 0.2) is 0 Å². The van der Waals surface area contributed by atoms with Crippen LogP contribution in [0.4, 0.5) is 5.69 Å². The largest absolute Gasteiger partial charge is 0.465 e. The standard InChI is InChI=1S/C22H19Cl2NO3/c1-12-8-9-16(10-13(12)2)25-14(3)19(22(27)28-4)17(21(25)26)11-15-6-5-7-18(23)20(15)24/h5-11H,1-4H3/b17-11-. The summed E-state index contributed by atoms with van der Waals surface area (Å²) in [6.45, 7) is 5.70. The maximum absolute atomic E-state index is 13.3. The molecule has 2 aromatic rings. The monoisotopic (exact) mass is 415 g/mol. The molecule has 6 heteroatoms. The molecule has 2 aromatic carbocycles. The molecule has 0 unspecified atom stereocenters. The number of hydrogen-bond donors (Lipinski definition) is 0. The van der Waals surface area contributed by atoms with E-state index in [0.717, 1.165) is 11.1 Å². The van der Waals surface area contributed by atoms with Gasteiger partial charge in [-0.2, -0.15) is 0 Å². The zero-order valence-corrected chi connectivity index (χ0v) is 17.5. The first-order valence-electron chi connectivity index (χ1n) is 8.63. The average Bonchev–Trinajstić information content (AvgIpc) is 2.91. The summed E-state index contributed by atoms with van der Waals surface area (Å²) >= 11 is 12.4. The lowest BCUT2D eigenvalue weighted by Gasteiger charge is -2.19. The normalized spacial score (nSPS) is 15.6. The van der Waals surface area contributed by atoms with Crippen LogP contribution in [0, 0.1) is 13.8 Å². The van der Waals surface area contributed by atoms with E-state index in [1.807, 2.05) is 32.0 Å². The van der Waals surface area contributed by atoms with E-state index in [-0.39, 0.29) is 17.1 Å². The second-order valence-electron chi connectivity index (χ2n) is 6.56. The number of hydrogen-bond acceptors (Lipinski definition) is 3. The molecule has 1 amide bonds. The number of rotatable bonds is 3. The van der Waals surface area contributed by atoms with Gasteiger partial charge >= 0.3 is 5.97 Å². The van der Waals surface area contributed by atoms with Crippen molar-refractivity contribution < 1.29 is 14.3 Å². The topological polar surface area (TPSA) is 46.6 Å². The molecule has 0 spiro atoms. The molecule has 0 aromatic heterocycles. The first kappa shape index (κ1) is 20.2. The molecular weight excluding hydrogens is 397 g/mol. The summed E-state index contributed by atoms with van der Waals surface area (Å²) in [6, 6.07) is 10.8. The summed E-state index contributed by atoms with van der Waals surface area (Å²) in [5.74, 6) is -0.904. The first-order valence-corrected chi connectivity index (χ1v) is 9.38. The Hall–Kier alpha value is -2.56. The molecule has 0 atom stereocenters. The third-order valence-corrected chi connectivity index (χ3v) is 5.65. The van der Waals surface area contributed by atoms with Crippen molar-refractivity contribution in [3.63, 3.8) is 0 Å². The van der Waals surface area contributed by atoms with Crippen molar-refractivity contribution in [2.75, 3.05) is 12.0 Å². The zero-order valence-electron chi connectivity index (χ0n) is 16.0. The van der Waals surface area contributed by atoms with E-state index < -0.39 is 5.97 Å². The molecule has 0 radical (unpaired) electrons. The number of esters is 1. The van der Waals surface area contributed by atoms with Crippen molar-refractivity contribution in [3.05, 3.63) is 80.0 Å². The van der Waals surface area contributed by atoms with Gasteiger partial charge in [0.25, 0.3) is 5.91 Å². The van der Waals surface area contributed by atoms with Crippen LogP contribution in [-0.2, 0) is 14.3 Å². The maximum Gasteiger partial charge on any atom is 0.340 e. The van der Waals surface area contributed by atoms with E-state index in [2.05, 4.69) is 0 Å². The van der Waals surface area contributed by atoms with Crippen molar-refractivity contribution in [2.45, 2.75) is 20.8 Å². The van der Waals surface area contributed by atoms with Crippen LogP contribution < -0.4 is 4.90 Å². The van der Waals surface area contributed by atoms with Crippen LogP contribution in [0.25, 0.3) is 6.08 Å². The van der Waals surface area contributed by atoms with Crippen LogP contribution in [0.15, 0.2) is 53.2 Å². The Balaban J connectivity index is 2.19. The lowest BCUT2D eigenvalue weighted by atomic mass is 10.0. The fraction of sp³-hybridized carbons (Fsp3) is 0.182. The SMILES string of the molecule is COC(=O)C1=C(C)N(c2ccc(C)c(C)c2)C(=O)/C1=C\c1cccc(Cl)c1Cl. The van der Waals surface area contributed by atoms with E-state index in [1.54, 1.807) is 31.2 Å². The Morgan fingerprint density at radius 2 is 1.79 bits per heavy atom.